The Labute approximate surface area is 114 Å². The van der Waals surface area contributed by atoms with E-state index in [9.17, 15) is 4.79 Å². The fourth-order valence-electron chi connectivity index (χ4n) is 1.61. The average molecular weight is 266 g/mol. The molecule has 3 nitrogen and oxygen atoms in total. The Morgan fingerprint density at radius 1 is 1.28 bits per heavy atom. The number of rotatable bonds is 7. The molecular weight excluding hydrogens is 244 g/mol. The molecule has 0 saturated carbocycles. The van der Waals surface area contributed by atoms with Gasteiger partial charge in [0.25, 0.3) is 0 Å². The number of carbonyl (C=O) groups excluding carboxylic acids is 1. The van der Waals surface area contributed by atoms with Gasteiger partial charge >= 0.3 is 0 Å². The Morgan fingerprint density at radius 2 is 2.06 bits per heavy atom. The van der Waals surface area contributed by atoms with Crippen molar-refractivity contribution < 1.29 is 4.79 Å². The third-order valence-corrected chi connectivity index (χ3v) is 3.62. The van der Waals surface area contributed by atoms with E-state index in [0.717, 1.165) is 18.0 Å². The summed E-state index contributed by atoms with van der Waals surface area (Å²) in [4.78, 5) is 12.5. The van der Waals surface area contributed by atoms with E-state index in [1.807, 2.05) is 6.92 Å². The van der Waals surface area contributed by atoms with Crippen molar-refractivity contribution in [3.8, 4) is 0 Å². The average Bonchev–Trinajstić information content (AvgIpc) is 2.35. The second-order valence-electron chi connectivity index (χ2n) is 4.11. The number of amides is 1. The number of carbonyl (C=O) groups is 1. The molecule has 1 aromatic carbocycles. The molecular formula is C14H22N2OS. The zero-order valence-electron chi connectivity index (χ0n) is 11.4. The first-order valence-corrected chi connectivity index (χ1v) is 7.35. The molecule has 0 saturated heterocycles. The van der Waals surface area contributed by atoms with Crippen molar-refractivity contribution in [1.82, 2.24) is 10.6 Å². The molecule has 1 rings (SSSR count). The molecule has 1 aromatic rings. The first kappa shape index (κ1) is 15.1. The van der Waals surface area contributed by atoms with Gasteiger partial charge in [-0.25, -0.2) is 0 Å². The number of benzene rings is 1. The van der Waals surface area contributed by atoms with Gasteiger partial charge in [0.15, 0.2) is 0 Å². The Balaban J connectivity index is 2.53. The second kappa shape index (κ2) is 8.16. The van der Waals surface area contributed by atoms with E-state index in [4.69, 9.17) is 0 Å². The maximum atomic E-state index is 11.4. The zero-order valence-corrected chi connectivity index (χ0v) is 12.2. The molecule has 4 heteroatoms. The molecule has 18 heavy (non-hydrogen) atoms. The molecule has 0 unspecified atom stereocenters. The summed E-state index contributed by atoms with van der Waals surface area (Å²) in [5, 5.41) is 6.12. The highest BCUT2D eigenvalue weighted by atomic mass is 32.2. The highest BCUT2D eigenvalue weighted by Gasteiger charge is 2.03. The van der Waals surface area contributed by atoms with Crippen LogP contribution in [0.25, 0.3) is 0 Å². The zero-order chi connectivity index (χ0) is 13.4. The monoisotopic (exact) mass is 266 g/mol. The summed E-state index contributed by atoms with van der Waals surface area (Å²) < 4.78 is 0. The lowest BCUT2D eigenvalue weighted by molar-refractivity contribution is -0.118. The van der Waals surface area contributed by atoms with Crippen LogP contribution in [-0.2, 0) is 11.3 Å². The van der Waals surface area contributed by atoms with Crippen LogP contribution in [0.5, 0.6) is 0 Å². The van der Waals surface area contributed by atoms with Gasteiger partial charge < -0.3 is 10.6 Å². The van der Waals surface area contributed by atoms with E-state index in [1.165, 1.54) is 11.1 Å². The van der Waals surface area contributed by atoms with Gasteiger partial charge in [-0.15, -0.1) is 11.8 Å². The molecule has 2 N–H and O–H groups in total. The second-order valence-corrected chi connectivity index (χ2v) is 5.16. The third-order valence-electron chi connectivity index (χ3n) is 2.62. The van der Waals surface area contributed by atoms with Crippen molar-refractivity contribution in [1.29, 1.82) is 0 Å². The normalized spacial score (nSPS) is 10.4. The van der Waals surface area contributed by atoms with Crippen molar-refractivity contribution in [2.45, 2.75) is 32.2 Å². The minimum atomic E-state index is 0.0943. The Morgan fingerprint density at radius 3 is 2.67 bits per heavy atom. The van der Waals surface area contributed by atoms with E-state index in [-0.39, 0.29) is 5.91 Å². The number of hydrogen-bond donors (Lipinski definition) is 2. The van der Waals surface area contributed by atoms with E-state index in [2.05, 4.69) is 42.7 Å². The Bertz CT molecular complexity index is 393. The first-order valence-electron chi connectivity index (χ1n) is 6.37. The summed E-state index contributed by atoms with van der Waals surface area (Å²) in [6.45, 7) is 8.73. The van der Waals surface area contributed by atoms with Crippen LogP contribution in [0, 0.1) is 6.92 Å². The fraction of sp³-hybridized carbons (Fsp3) is 0.500. The summed E-state index contributed by atoms with van der Waals surface area (Å²) in [7, 11) is 0. The van der Waals surface area contributed by atoms with Crippen LogP contribution < -0.4 is 10.6 Å². The van der Waals surface area contributed by atoms with Crippen LogP contribution in [0.4, 0.5) is 0 Å². The molecule has 0 spiro atoms. The Hall–Kier alpha value is -1.00. The molecule has 0 aliphatic carbocycles. The molecule has 0 aliphatic rings. The lowest BCUT2D eigenvalue weighted by atomic mass is 10.1. The molecule has 1 amide bonds. The van der Waals surface area contributed by atoms with Gasteiger partial charge in [0.2, 0.25) is 5.91 Å². The predicted octanol–water partition coefficient (Wildman–Crippen LogP) is 2.33. The van der Waals surface area contributed by atoms with Gasteiger partial charge in [0.1, 0.15) is 0 Å². The van der Waals surface area contributed by atoms with Crippen molar-refractivity contribution in [2.24, 2.45) is 0 Å². The van der Waals surface area contributed by atoms with E-state index < -0.39 is 0 Å². The maximum absolute atomic E-state index is 11.4. The van der Waals surface area contributed by atoms with Crippen molar-refractivity contribution in [3.05, 3.63) is 29.3 Å². The smallest absolute Gasteiger partial charge is 0.230 e. The van der Waals surface area contributed by atoms with Crippen LogP contribution in [-0.4, -0.2) is 24.7 Å². The van der Waals surface area contributed by atoms with Crippen LogP contribution in [0.3, 0.4) is 0 Å². The van der Waals surface area contributed by atoms with E-state index >= 15 is 0 Å². The summed E-state index contributed by atoms with van der Waals surface area (Å²) in [5.74, 6) is 0.580. The van der Waals surface area contributed by atoms with Gasteiger partial charge in [-0.05, 0) is 43.7 Å². The molecule has 100 valence electrons. The fourth-order valence-corrected chi connectivity index (χ4v) is 2.44. The number of thioether (sulfide) groups is 1. The quantitative estimate of drug-likeness (QED) is 0.744. The Kier molecular flexibility index (Phi) is 6.83. The molecule has 0 bridgehead atoms. The number of aryl methyl sites for hydroxylation is 1. The number of nitrogens with one attached hydrogen (secondary N) is 2. The van der Waals surface area contributed by atoms with Crippen LogP contribution in [0.1, 0.15) is 25.0 Å². The summed E-state index contributed by atoms with van der Waals surface area (Å²) in [5.41, 5.74) is 2.59. The van der Waals surface area contributed by atoms with Gasteiger partial charge in [0, 0.05) is 18.0 Å². The van der Waals surface area contributed by atoms with Gasteiger partial charge in [-0.3, -0.25) is 4.79 Å². The molecule has 0 aliphatic heterocycles. The van der Waals surface area contributed by atoms with E-state index in [0.29, 0.717) is 12.3 Å². The van der Waals surface area contributed by atoms with Crippen LogP contribution >= 0.6 is 11.8 Å². The van der Waals surface area contributed by atoms with Gasteiger partial charge in [-0.2, -0.15) is 0 Å². The lowest BCUT2D eigenvalue weighted by Crippen LogP contribution is -2.24. The molecule has 0 fully saturated rings. The van der Waals surface area contributed by atoms with E-state index in [1.54, 1.807) is 11.8 Å². The van der Waals surface area contributed by atoms with Gasteiger partial charge in [0.05, 0.1) is 5.75 Å². The summed E-state index contributed by atoms with van der Waals surface area (Å²) in [6.07, 6.45) is 0. The molecule has 0 radical (unpaired) electrons. The van der Waals surface area contributed by atoms with Crippen molar-refractivity contribution in [2.75, 3.05) is 18.8 Å². The third kappa shape index (κ3) is 5.10. The summed E-state index contributed by atoms with van der Waals surface area (Å²) in [6, 6.07) is 6.37. The van der Waals surface area contributed by atoms with Crippen molar-refractivity contribution in [3.63, 3.8) is 0 Å². The molecule has 0 aromatic heterocycles. The number of hydrogen-bond acceptors (Lipinski definition) is 3. The topological polar surface area (TPSA) is 41.1 Å². The minimum absolute atomic E-state index is 0.0943. The van der Waals surface area contributed by atoms with Crippen molar-refractivity contribution >= 4 is 17.7 Å². The highest BCUT2D eigenvalue weighted by Crippen LogP contribution is 2.21. The minimum Gasteiger partial charge on any atom is -0.356 e. The van der Waals surface area contributed by atoms with Crippen LogP contribution in [0.15, 0.2) is 23.1 Å². The predicted molar refractivity (Wildman–Crippen MR) is 78.0 cm³/mol. The van der Waals surface area contributed by atoms with Gasteiger partial charge in [-0.1, -0.05) is 13.0 Å². The largest absolute Gasteiger partial charge is 0.356 e. The standard InChI is InChI=1S/C14H22N2OS/c1-4-15-9-12-6-7-13(8-11(12)3)18-10-14(17)16-5-2/h6-8,15H,4-5,9-10H2,1-3H3,(H,16,17). The highest BCUT2D eigenvalue weighted by molar-refractivity contribution is 8.00. The lowest BCUT2D eigenvalue weighted by Gasteiger charge is -2.09. The van der Waals surface area contributed by atoms with Crippen LogP contribution in [0.2, 0.25) is 0 Å². The molecule has 0 atom stereocenters. The first-order chi connectivity index (χ1) is 8.67. The summed E-state index contributed by atoms with van der Waals surface area (Å²) >= 11 is 1.58. The maximum Gasteiger partial charge on any atom is 0.230 e. The molecule has 0 heterocycles. The SMILES string of the molecule is CCNCc1ccc(SCC(=O)NCC)cc1C.